The fourth-order valence-electron chi connectivity index (χ4n) is 1.75. The lowest BCUT2D eigenvalue weighted by molar-refractivity contribution is 0.560. The summed E-state index contributed by atoms with van der Waals surface area (Å²) in [5.74, 6) is 0. The lowest BCUT2D eigenvalue weighted by Crippen LogP contribution is -2.27. The van der Waals surface area contributed by atoms with Gasteiger partial charge in [0.05, 0.1) is 9.64 Å². The van der Waals surface area contributed by atoms with Crippen LogP contribution in [0.3, 0.4) is 0 Å². The second-order valence-corrected chi connectivity index (χ2v) is 7.79. The van der Waals surface area contributed by atoms with E-state index >= 15 is 0 Å². The van der Waals surface area contributed by atoms with E-state index < -0.39 is 14.6 Å². The Hall–Kier alpha value is -1.09. The molecule has 1 aliphatic carbocycles. The SMILES string of the molecule is CC(C)(C)S(=O)(=O)c1ccc2c(c1)C=CC2. The van der Waals surface area contributed by atoms with Crippen molar-refractivity contribution in [3.05, 3.63) is 35.4 Å². The van der Waals surface area contributed by atoms with Crippen LogP contribution in [0.25, 0.3) is 6.08 Å². The van der Waals surface area contributed by atoms with Crippen LogP contribution in [0.2, 0.25) is 0 Å². The maximum absolute atomic E-state index is 12.2. The van der Waals surface area contributed by atoms with Crippen molar-refractivity contribution >= 4 is 15.9 Å². The Morgan fingerprint density at radius 3 is 2.50 bits per heavy atom. The normalized spacial score (nSPS) is 15.2. The van der Waals surface area contributed by atoms with Crippen molar-refractivity contribution in [1.82, 2.24) is 0 Å². The Morgan fingerprint density at radius 2 is 1.88 bits per heavy atom. The second kappa shape index (κ2) is 3.45. The molecule has 0 unspecified atom stereocenters. The minimum absolute atomic E-state index is 0.422. The van der Waals surface area contributed by atoms with E-state index in [9.17, 15) is 8.42 Å². The molecule has 0 spiro atoms. The molecule has 2 rings (SSSR count). The average molecular weight is 236 g/mol. The first-order chi connectivity index (χ1) is 7.32. The van der Waals surface area contributed by atoms with Crippen LogP contribution in [-0.4, -0.2) is 13.2 Å². The highest BCUT2D eigenvalue weighted by Crippen LogP contribution is 2.28. The summed E-state index contributed by atoms with van der Waals surface area (Å²) >= 11 is 0. The summed E-state index contributed by atoms with van der Waals surface area (Å²) in [5.41, 5.74) is 2.23. The van der Waals surface area contributed by atoms with Gasteiger partial charge in [0, 0.05) is 0 Å². The number of benzene rings is 1. The number of hydrogen-bond donors (Lipinski definition) is 0. The van der Waals surface area contributed by atoms with Gasteiger partial charge < -0.3 is 0 Å². The molecule has 1 aromatic rings. The standard InChI is InChI=1S/C13H16O2S/c1-13(2,3)16(14,15)12-8-7-10-5-4-6-11(10)9-12/h4,6-9H,5H2,1-3H3. The van der Waals surface area contributed by atoms with Crippen LogP contribution in [0.1, 0.15) is 31.9 Å². The van der Waals surface area contributed by atoms with Crippen molar-refractivity contribution < 1.29 is 8.42 Å². The van der Waals surface area contributed by atoms with E-state index in [1.54, 1.807) is 32.9 Å². The molecule has 0 atom stereocenters. The van der Waals surface area contributed by atoms with Crippen LogP contribution in [0.15, 0.2) is 29.2 Å². The van der Waals surface area contributed by atoms with E-state index in [0.29, 0.717) is 4.90 Å². The Bertz CT molecular complexity index is 546. The van der Waals surface area contributed by atoms with Crippen molar-refractivity contribution in [2.45, 2.75) is 36.8 Å². The molecule has 3 heteroatoms. The van der Waals surface area contributed by atoms with Gasteiger partial charge in [-0.3, -0.25) is 0 Å². The van der Waals surface area contributed by atoms with Crippen molar-refractivity contribution in [2.24, 2.45) is 0 Å². The molecule has 0 aliphatic heterocycles. The first kappa shape index (κ1) is 11.4. The van der Waals surface area contributed by atoms with Gasteiger partial charge in [-0.25, -0.2) is 8.42 Å². The number of allylic oxidation sites excluding steroid dienone is 1. The van der Waals surface area contributed by atoms with E-state index in [4.69, 9.17) is 0 Å². The van der Waals surface area contributed by atoms with E-state index in [0.717, 1.165) is 12.0 Å². The van der Waals surface area contributed by atoms with E-state index in [-0.39, 0.29) is 0 Å². The molecule has 0 fully saturated rings. The van der Waals surface area contributed by atoms with Crippen LogP contribution in [0.5, 0.6) is 0 Å². The maximum atomic E-state index is 12.2. The van der Waals surface area contributed by atoms with Gasteiger partial charge in [-0.2, -0.15) is 0 Å². The van der Waals surface area contributed by atoms with E-state index in [1.165, 1.54) is 5.56 Å². The third-order valence-corrected chi connectivity index (χ3v) is 5.36. The third kappa shape index (κ3) is 1.69. The molecule has 0 bridgehead atoms. The topological polar surface area (TPSA) is 34.1 Å². The highest BCUT2D eigenvalue weighted by molar-refractivity contribution is 7.92. The van der Waals surface area contributed by atoms with Gasteiger partial charge in [0.2, 0.25) is 0 Å². The molecule has 0 saturated heterocycles. The molecule has 1 aromatic carbocycles. The highest BCUT2D eigenvalue weighted by Gasteiger charge is 2.31. The molecule has 0 saturated carbocycles. The molecular weight excluding hydrogens is 220 g/mol. The Balaban J connectivity index is 2.55. The summed E-state index contributed by atoms with van der Waals surface area (Å²) in [5, 5.41) is 0. The smallest absolute Gasteiger partial charge is 0.183 e. The zero-order valence-corrected chi connectivity index (χ0v) is 10.6. The van der Waals surface area contributed by atoms with Crippen LogP contribution in [-0.2, 0) is 16.3 Å². The zero-order chi connectivity index (χ0) is 12.0. The predicted molar refractivity (Wildman–Crippen MR) is 66.1 cm³/mol. The lowest BCUT2D eigenvalue weighted by Gasteiger charge is -2.19. The maximum Gasteiger partial charge on any atom is 0.183 e. The lowest BCUT2D eigenvalue weighted by atomic mass is 10.1. The van der Waals surface area contributed by atoms with Crippen molar-refractivity contribution in [2.75, 3.05) is 0 Å². The summed E-state index contributed by atoms with van der Waals surface area (Å²) in [4.78, 5) is 0.422. The van der Waals surface area contributed by atoms with Gasteiger partial charge in [-0.1, -0.05) is 18.2 Å². The van der Waals surface area contributed by atoms with Crippen LogP contribution in [0.4, 0.5) is 0 Å². The van der Waals surface area contributed by atoms with Gasteiger partial charge in [-0.15, -0.1) is 0 Å². The minimum atomic E-state index is -3.23. The molecule has 0 radical (unpaired) electrons. The first-order valence-electron chi connectivity index (χ1n) is 5.36. The van der Waals surface area contributed by atoms with Crippen LogP contribution in [0, 0.1) is 0 Å². The fourth-order valence-corrected chi connectivity index (χ4v) is 2.98. The number of rotatable bonds is 1. The number of fused-ring (bicyclic) bond motifs is 1. The predicted octanol–water partition coefficient (Wildman–Crippen LogP) is 2.83. The molecular formula is C13H16O2S. The molecule has 0 N–H and O–H groups in total. The molecule has 16 heavy (non-hydrogen) atoms. The molecule has 86 valence electrons. The van der Waals surface area contributed by atoms with Crippen LogP contribution < -0.4 is 0 Å². The van der Waals surface area contributed by atoms with Crippen molar-refractivity contribution in [3.63, 3.8) is 0 Å². The monoisotopic (exact) mass is 236 g/mol. The molecule has 2 nitrogen and oxygen atoms in total. The van der Waals surface area contributed by atoms with Crippen molar-refractivity contribution in [1.29, 1.82) is 0 Å². The van der Waals surface area contributed by atoms with Gasteiger partial charge in [-0.05, 0) is 50.5 Å². The summed E-state index contributed by atoms with van der Waals surface area (Å²) in [7, 11) is -3.23. The van der Waals surface area contributed by atoms with Gasteiger partial charge in [0.1, 0.15) is 0 Å². The summed E-state index contributed by atoms with van der Waals surface area (Å²) in [6.07, 6.45) is 4.94. The quantitative estimate of drug-likeness (QED) is 0.751. The Labute approximate surface area is 96.9 Å². The zero-order valence-electron chi connectivity index (χ0n) is 9.82. The number of sulfone groups is 1. The Morgan fingerprint density at radius 1 is 1.19 bits per heavy atom. The Kier molecular flexibility index (Phi) is 2.46. The highest BCUT2D eigenvalue weighted by atomic mass is 32.2. The second-order valence-electron chi connectivity index (χ2n) is 5.08. The van der Waals surface area contributed by atoms with Gasteiger partial charge in [0.15, 0.2) is 9.84 Å². The van der Waals surface area contributed by atoms with Crippen molar-refractivity contribution in [3.8, 4) is 0 Å². The molecule has 0 heterocycles. The molecule has 1 aliphatic rings. The van der Waals surface area contributed by atoms with Gasteiger partial charge in [0.25, 0.3) is 0 Å². The average Bonchev–Trinajstić information content (AvgIpc) is 2.61. The van der Waals surface area contributed by atoms with E-state index in [1.807, 2.05) is 12.1 Å². The van der Waals surface area contributed by atoms with Crippen LogP contribution >= 0.6 is 0 Å². The first-order valence-corrected chi connectivity index (χ1v) is 6.85. The minimum Gasteiger partial charge on any atom is -0.223 e. The number of hydrogen-bond acceptors (Lipinski definition) is 2. The van der Waals surface area contributed by atoms with Gasteiger partial charge >= 0.3 is 0 Å². The fraction of sp³-hybridized carbons (Fsp3) is 0.385. The molecule has 0 amide bonds. The molecule has 0 aromatic heterocycles. The third-order valence-electron chi connectivity index (χ3n) is 2.87. The summed E-state index contributed by atoms with van der Waals surface area (Å²) in [6, 6.07) is 5.40. The summed E-state index contributed by atoms with van der Waals surface area (Å²) in [6.45, 7) is 5.18. The van der Waals surface area contributed by atoms with E-state index in [2.05, 4.69) is 6.08 Å². The largest absolute Gasteiger partial charge is 0.223 e. The summed E-state index contributed by atoms with van der Waals surface area (Å²) < 4.78 is 23.7.